The third kappa shape index (κ3) is 2.05. The van der Waals surface area contributed by atoms with Gasteiger partial charge < -0.3 is 15.3 Å². The zero-order valence-electron chi connectivity index (χ0n) is 12.1. The van der Waals surface area contributed by atoms with E-state index in [4.69, 9.17) is 0 Å². The van der Waals surface area contributed by atoms with Crippen LogP contribution >= 0.6 is 0 Å². The highest BCUT2D eigenvalue weighted by atomic mass is 16.1. The third-order valence-corrected chi connectivity index (χ3v) is 3.85. The lowest BCUT2D eigenvalue weighted by Gasteiger charge is -2.06. The third-order valence-electron chi connectivity index (χ3n) is 3.85. The van der Waals surface area contributed by atoms with Crippen molar-refractivity contribution in [2.24, 2.45) is 0 Å². The molecule has 3 N–H and O–H groups in total. The van der Waals surface area contributed by atoms with Gasteiger partial charge in [-0.15, -0.1) is 0 Å². The van der Waals surface area contributed by atoms with E-state index < -0.39 is 0 Å². The van der Waals surface area contributed by atoms with Crippen LogP contribution in [-0.4, -0.2) is 15.9 Å². The van der Waals surface area contributed by atoms with E-state index in [1.165, 1.54) is 0 Å². The SMILES string of the molecule is Cc1cc2cc(NC(=O)c3cccc4cc[nH]c34)ccc2[nH]1. The maximum Gasteiger partial charge on any atom is 0.257 e. The first-order chi connectivity index (χ1) is 10.7. The summed E-state index contributed by atoms with van der Waals surface area (Å²) in [6.45, 7) is 2.02. The van der Waals surface area contributed by atoms with Crippen LogP contribution in [0.3, 0.4) is 0 Å². The second-order valence-corrected chi connectivity index (χ2v) is 5.46. The molecule has 2 aromatic carbocycles. The minimum absolute atomic E-state index is 0.111. The molecule has 0 fully saturated rings. The summed E-state index contributed by atoms with van der Waals surface area (Å²) >= 11 is 0. The number of H-pyrrole nitrogens is 2. The fourth-order valence-electron chi connectivity index (χ4n) is 2.83. The van der Waals surface area contributed by atoms with E-state index >= 15 is 0 Å². The lowest BCUT2D eigenvalue weighted by molar-refractivity contribution is 0.102. The Labute approximate surface area is 127 Å². The number of carbonyl (C=O) groups excluding carboxylic acids is 1. The molecule has 0 spiro atoms. The smallest absolute Gasteiger partial charge is 0.257 e. The van der Waals surface area contributed by atoms with Gasteiger partial charge in [0.1, 0.15) is 0 Å². The van der Waals surface area contributed by atoms with Crippen LogP contribution in [0.4, 0.5) is 5.69 Å². The molecule has 0 saturated carbocycles. The Morgan fingerprint density at radius 1 is 1.05 bits per heavy atom. The first kappa shape index (κ1) is 12.7. The van der Waals surface area contributed by atoms with E-state index in [0.717, 1.165) is 33.2 Å². The van der Waals surface area contributed by atoms with Crippen LogP contribution in [-0.2, 0) is 0 Å². The van der Waals surface area contributed by atoms with Crippen LogP contribution in [0.1, 0.15) is 16.1 Å². The van der Waals surface area contributed by atoms with E-state index in [2.05, 4.69) is 21.4 Å². The summed E-state index contributed by atoms with van der Waals surface area (Å²) in [6.07, 6.45) is 1.84. The van der Waals surface area contributed by atoms with Crippen LogP contribution < -0.4 is 5.32 Å². The molecular weight excluding hydrogens is 274 g/mol. The summed E-state index contributed by atoms with van der Waals surface area (Å²) < 4.78 is 0. The summed E-state index contributed by atoms with van der Waals surface area (Å²) in [6, 6.07) is 15.6. The second-order valence-electron chi connectivity index (χ2n) is 5.46. The fourth-order valence-corrected chi connectivity index (χ4v) is 2.83. The average Bonchev–Trinajstić information content (AvgIpc) is 3.11. The highest BCUT2D eigenvalue weighted by molar-refractivity contribution is 6.12. The van der Waals surface area contributed by atoms with Crippen molar-refractivity contribution in [3.05, 3.63) is 66.0 Å². The van der Waals surface area contributed by atoms with Gasteiger partial charge in [-0.1, -0.05) is 12.1 Å². The Hall–Kier alpha value is -3.01. The standard InChI is InChI=1S/C18H15N3O/c1-11-9-13-10-14(5-6-16(13)20-11)21-18(22)15-4-2-3-12-7-8-19-17(12)15/h2-10,19-20H,1H3,(H,21,22). The number of benzene rings is 2. The maximum absolute atomic E-state index is 12.5. The normalized spacial score (nSPS) is 11.1. The van der Waals surface area contributed by atoms with Crippen molar-refractivity contribution >= 4 is 33.4 Å². The first-order valence-corrected chi connectivity index (χ1v) is 7.17. The van der Waals surface area contributed by atoms with Crippen LogP contribution in [0.25, 0.3) is 21.8 Å². The van der Waals surface area contributed by atoms with Crippen molar-refractivity contribution in [1.29, 1.82) is 0 Å². The first-order valence-electron chi connectivity index (χ1n) is 7.17. The molecule has 4 heteroatoms. The second kappa shape index (κ2) is 4.77. The Kier molecular flexibility index (Phi) is 2.76. The minimum atomic E-state index is -0.111. The molecule has 4 aromatic rings. The molecular formula is C18H15N3O. The molecule has 2 aromatic heterocycles. The predicted octanol–water partition coefficient (Wildman–Crippen LogP) is 4.21. The summed E-state index contributed by atoms with van der Waals surface area (Å²) in [7, 11) is 0. The highest BCUT2D eigenvalue weighted by Crippen LogP contribution is 2.22. The molecule has 0 atom stereocenters. The monoisotopic (exact) mass is 289 g/mol. The van der Waals surface area contributed by atoms with Gasteiger partial charge in [0.2, 0.25) is 0 Å². The van der Waals surface area contributed by atoms with E-state index in [1.807, 2.05) is 55.6 Å². The van der Waals surface area contributed by atoms with Crippen molar-refractivity contribution in [2.75, 3.05) is 5.32 Å². The van der Waals surface area contributed by atoms with Crippen LogP contribution in [0.2, 0.25) is 0 Å². The van der Waals surface area contributed by atoms with Crippen molar-refractivity contribution < 1.29 is 4.79 Å². The largest absolute Gasteiger partial charge is 0.361 e. The number of hydrogen-bond donors (Lipinski definition) is 3. The summed E-state index contributed by atoms with van der Waals surface area (Å²) in [5, 5.41) is 5.09. The number of aryl methyl sites for hydroxylation is 1. The minimum Gasteiger partial charge on any atom is -0.361 e. The number of fused-ring (bicyclic) bond motifs is 2. The zero-order chi connectivity index (χ0) is 15.1. The number of amides is 1. The van der Waals surface area contributed by atoms with Crippen LogP contribution in [0, 0.1) is 6.92 Å². The van der Waals surface area contributed by atoms with Crippen molar-refractivity contribution in [3.8, 4) is 0 Å². The quantitative estimate of drug-likeness (QED) is 0.508. The number of para-hydroxylation sites is 1. The molecule has 0 bridgehead atoms. The maximum atomic E-state index is 12.5. The Morgan fingerprint density at radius 3 is 2.86 bits per heavy atom. The van der Waals surface area contributed by atoms with Gasteiger partial charge in [-0.05, 0) is 43.3 Å². The van der Waals surface area contributed by atoms with Gasteiger partial charge in [-0.25, -0.2) is 0 Å². The van der Waals surface area contributed by atoms with Gasteiger partial charge in [0.05, 0.1) is 11.1 Å². The van der Waals surface area contributed by atoms with E-state index in [9.17, 15) is 4.79 Å². The van der Waals surface area contributed by atoms with E-state index in [-0.39, 0.29) is 5.91 Å². The lowest BCUT2D eigenvalue weighted by atomic mass is 10.1. The molecule has 0 aliphatic rings. The molecule has 22 heavy (non-hydrogen) atoms. The van der Waals surface area contributed by atoms with Crippen molar-refractivity contribution in [3.63, 3.8) is 0 Å². The van der Waals surface area contributed by atoms with Crippen LogP contribution in [0.5, 0.6) is 0 Å². The molecule has 4 nitrogen and oxygen atoms in total. The number of aromatic amines is 2. The predicted molar refractivity (Wildman–Crippen MR) is 89.3 cm³/mol. The molecule has 1 amide bonds. The van der Waals surface area contributed by atoms with Gasteiger partial charge in [-0.2, -0.15) is 0 Å². The molecule has 0 aliphatic heterocycles. The average molecular weight is 289 g/mol. The molecule has 4 rings (SSSR count). The Morgan fingerprint density at radius 2 is 1.95 bits per heavy atom. The molecule has 108 valence electrons. The lowest BCUT2D eigenvalue weighted by Crippen LogP contribution is -2.12. The van der Waals surface area contributed by atoms with E-state index in [0.29, 0.717) is 5.56 Å². The molecule has 2 heterocycles. The van der Waals surface area contributed by atoms with Crippen LogP contribution in [0.15, 0.2) is 54.7 Å². The highest BCUT2D eigenvalue weighted by Gasteiger charge is 2.11. The van der Waals surface area contributed by atoms with Gasteiger partial charge in [0.25, 0.3) is 5.91 Å². The summed E-state index contributed by atoms with van der Waals surface area (Å²) in [4.78, 5) is 18.9. The fraction of sp³-hybridized carbons (Fsp3) is 0.0556. The van der Waals surface area contributed by atoms with Crippen molar-refractivity contribution in [2.45, 2.75) is 6.92 Å². The van der Waals surface area contributed by atoms with Crippen molar-refractivity contribution in [1.82, 2.24) is 9.97 Å². The topological polar surface area (TPSA) is 60.7 Å². The van der Waals surface area contributed by atoms with Gasteiger partial charge in [0.15, 0.2) is 0 Å². The number of hydrogen-bond acceptors (Lipinski definition) is 1. The number of carbonyl (C=O) groups is 1. The number of rotatable bonds is 2. The van der Waals surface area contributed by atoms with Gasteiger partial charge in [0, 0.05) is 33.9 Å². The number of nitrogens with one attached hydrogen (secondary N) is 3. The molecule has 0 saturated heterocycles. The number of aromatic nitrogens is 2. The molecule has 0 aliphatic carbocycles. The van der Waals surface area contributed by atoms with Gasteiger partial charge in [-0.3, -0.25) is 4.79 Å². The van der Waals surface area contributed by atoms with Gasteiger partial charge >= 0.3 is 0 Å². The summed E-state index contributed by atoms with van der Waals surface area (Å²) in [5.74, 6) is -0.111. The summed E-state index contributed by atoms with van der Waals surface area (Å²) in [5.41, 5.74) is 4.48. The molecule has 0 radical (unpaired) electrons. The zero-order valence-corrected chi connectivity index (χ0v) is 12.1. The molecule has 0 unspecified atom stereocenters. The van der Waals surface area contributed by atoms with E-state index in [1.54, 1.807) is 0 Å². The number of anilines is 1. The Bertz CT molecular complexity index is 994. The Balaban J connectivity index is 1.69.